The van der Waals surface area contributed by atoms with E-state index in [1.54, 1.807) is 6.07 Å². The Kier molecular flexibility index (Phi) is 3.97. The van der Waals surface area contributed by atoms with Crippen molar-refractivity contribution < 1.29 is 9.90 Å². The first kappa shape index (κ1) is 11.9. The molecule has 0 aliphatic heterocycles. The molecular weight excluding hydrogens is 214 g/mol. The Bertz CT molecular complexity index is 366. The summed E-state index contributed by atoms with van der Waals surface area (Å²) in [4.78, 5) is 11.5. The summed E-state index contributed by atoms with van der Waals surface area (Å²) in [6, 6.07) is 4.46. The van der Waals surface area contributed by atoms with Crippen LogP contribution in [0.5, 0.6) is 5.75 Å². The van der Waals surface area contributed by atoms with E-state index < -0.39 is 0 Å². The van der Waals surface area contributed by atoms with Gasteiger partial charge in [-0.25, -0.2) is 0 Å². The second kappa shape index (κ2) is 5.03. The normalized spacial score (nSPS) is 12.2. The van der Waals surface area contributed by atoms with Crippen molar-refractivity contribution in [1.82, 2.24) is 0 Å². The van der Waals surface area contributed by atoms with Crippen molar-refractivity contribution in [2.24, 2.45) is 5.92 Å². The Morgan fingerprint density at radius 2 is 2.27 bits per heavy atom. The van der Waals surface area contributed by atoms with E-state index in [0.29, 0.717) is 10.7 Å². The Balaban J connectivity index is 2.77. The Morgan fingerprint density at radius 1 is 1.60 bits per heavy atom. The van der Waals surface area contributed by atoms with Crippen LogP contribution in [0.2, 0.25) is 5.02 Å². The van der Waals surface area contributed by atoms with Gasteiger partial charge in [0.1, 0.15) is 5.75 Å². The molecule has 0 heterocycles. The van der Waals surface area contributed by atoms with Crippen LogP contribution in [-0.2, 0) is 4.79 Å². The van der Waals surface area contributed by atoms with Gasteiger partial charge in [-0.2, -0.15) is 0 Å². The highest BCUT2D eigenvalue weighted by atomic mass is 35.5. The second-order valence-electron chi connectivity index (χ2n) is 3.46. The smallest absolute Gasteiger partial charge is 0.227 e. The first-order valence-corrected chi connectivity index (χ1v) is 5.21. The van der Waals surface area contributed by atoms with Crippen molar-refractivity contribution in [3.8, 4) is 5.75 Å². The highest BCUT2D eigenvalue weighted by Crippen LogP contribution is 2.26. The molecular formula is C11H14ClNO2. The third-order valence-electron chi connectivity index (χ3n) is 2.27. The summed E-state index contributed by atoms with van der Waals surface area (Å²) in [5.74, 6) is -0.0264. The molecule has 0 fully saturated rings. The summed E-state index contributed by atoms with van der Waals surface area (Å²) in [6.45, 7) is 3.80. The number of anilines is 1. The van der Waals surface area contributed by atoms with E-state index in [1.165, 1.54) is 12.1 Å². The fraction of sp³-hybridized carbons (Fsp3) is 0.364. The van der Waals surface area contributed by atoms with Gasteiger partial charge in [0.2, 0.25) is 5.91 Å². The fourth-order valence-corrected chi connectivity index (χ4v) is 1.27. The molecule has 3 nitrogen and oxygen atoms in total. The SMILES string of the molecule is CCC(C)C(=O)Nc1ccc(O)cc1Cl. The van der Waals surface area contributed by atoms with Gasteiger partial charge in [0, 0.05) is 12.0 Å². The lowest BCUT2D eigenvalue weighted by atomic mass is 10.1. The molecule has 2 N–H and O–H groups in total. The number of aromatic hydroxyl groups is 1. The molecule has 1 aromatic carbocycles. The van der Waals surface area contributed by atoms with Crippen LogP contribution in [0.4, 0.5) is 5.69 Å². The number of phenolic OH excluding ortho intramolecular Hbond substituents is 1. The number of carbonyl (C=O) groups is 1. The topological polar surface area (TPSA) is 49.3 Å². The standard InChI is InChI=1S/C11H14ClNO2/c1-3-7(2)11(15)13-10-5-4-8(14)6-9(10)12/h4-7,14H,3H2,1-2H3,(H,13,15). The molecule has 0 spiro atoms. The van der Waals surface area contributed by atoms with Crippen LogP contribution in [0, 0.1) is 5.92 Å². The van der Waals surface area contributed by atoms with E-state index in [-0.39, 0.29) is 17.6 Å². The quantitative estimate of drug-likeness (QED) is 0.780. The molecule has 1 rings (SSSR count). The van der Waals surface area contributed by atoms with Crippen LogP contribution in [0.15, 0.2) is 18.2 Å². The maximum Gasteiger partial charge on any atom is 0.227 e. The molecule has 0 bridgehead atoms. The number of hydrogen-bond acceptors (Lipinski definition) is 2. The van der Waals surface area contributed by atoms with Crippen LogP contribution >= 0.6 is 11.6 Å². The Morgan fingerprint density at radius 3 is 2.80 bits per heavy atom. The molecule has 0 aliphatic carbocycles. The van der Waals surface area contributed by atoms with Crippen LogP contribution < -0.4 is 5.32 Å². The van der Waals surface area contributed by atoms with E-state index in [9.17, 15) is 4.79 Å². The van der Waals surface area contributed by atoms with E-state index in [4.69, 9.17) is 16.7 Å². The van der Waals surface area contributed by atoms with E-state index >= 15 is 0 Å². The minimum absolute atomic E-state index is 0.0464. The van der Waals surface area contributed by atoms with Gasteiger partial charge in [-0.05, 0) is 18.6 Å². The fourth-order valence-electron chi connectivity index (χ4n) is 1.05. The lowest BCUT2D eigenvalue weighted by Gasteiger charge is -2.11. The lowest BCUT2D eigenvalue weighted by Crippen LogP contribution is -2.19. The predicted octanol–water partition coefficient (Wildman–Crippen LogP) is 3.03. The number of hydrogen-bond donors (Lipinski definition) is 2. The summed E-state index contributed by atoms with van der Waals surface area (Å²) >= 11 is 5.85. The van der Waals surface area contributed by atoms with Crippen molar-refractivity contribution in [2.45, 2.75) is 20.3 Å². The molecule has 1 unspecified atom stereocenters. The number of amides is 1. The molecule has 0 saturated heterocycles. The zero-order chi connectivity index (χ0) is 11.4. The summed E-state index contributed by atoms with van der Waals surface area (Å²) in [5.41, 5.74) is 0.528. The van der Waals surface area contributed by atoms with Crippen molar-refractivity contribution in [3.05, 3.63) is 23.2 Å². The van der Waals surface area contributed by atoms with Crippen LogP contribution in [-0.4, -0.2) is 11.0 Å². The average Bonchev–Trinajstić information content (AvgIpc) is 2.20. The van der Waals surface area contributed by atoms with Crippen molar-refractivity contribution >= 4 is 23.2 Å². The van der Waals surface area contributed by atoms with Gasteiger partial charge >= 0.3 is 0 Å². The lowest BCUT2D eigenvalue weighted by molar-refractivity contribution is -0.119. The first-order valence-electron chi connectivity index (χ1n) is 4.84. The summed E-state index contributed by atoms with van der Waals surface area (Å²) in [7, 11) is 0. The van der Waals surface area contributed by atoms with Crippen LogP contribution in [0.3, 0.4) is 0 Å². The molecule has 4 heteroatoms. The molecule has 0 radical (unpaired) electrons. The highest BCUT2D eigenvalue weighted by Gasteiger charge is 2.12. The van der Waals surface area contributed by atoms with Gasteiger partial charge in [0.05, 0.1) is 10.7 Å². The summed E-state index contributed by atoms with van der Waals surface area (Å²) in [5, 5.41) is 12.2. The number of rotatable bonds is 3. The largest absolute Gasteiger partial charge is 0.508 e. The molecule has 0 saturated carbocycles. The van der Waals surface area contributed by atoms with E-state index in [2.05, 4.69) is 5.32 Å². The van der Waals surface area contributed by atoms with E-state index in [0.717, 1.165) is 6.42 Å². The van der Waals surface area contributed by atoms with Gasteiger partial charge in [-0.15, -0.1) is 0 Å². The number of nitrogens with one attached hydrogen (secondary N) is 1. The molecule has 82 valence electrons. The average molecular weight is 228 g/mol. The maximum absolute atomic E-state index is 11.5. The number of carbonyl (C=O) groups excluding carboxylic acids is 1. The molecule has 0 aliphatic rings. The predicted molar refractivity (Wildman–Crippen MR) is 61.2 cm³/mol. The zero-order valence-corrected chi connectivity index (χ0v) is 9.51. The Labute approximate surface area is 94.1 Å². The monoisotopic (exact) mass is 227 g/mol. The van der Waals surface area contributed by atoms with Crippen LogP contribution in [0.1, 0.15) is 20.3 Å². The summed E-state index contributed by atoms with van der Waals surface area (Å²) in [6.07, 6.45) is 0.779. The summed E-state index contributed by atoms with van der Waals surface area (Å²) < 4.78 is 0. The van der Waals surface area contributed by atoms with Gasteiger partial charge in [-0.1, -0.05) is 25.4 Å². The van der Waals surface area contributed by atoms with Crippen LogP contribution in [0.25, 0.3) is 0 Å². The zero-order valence-electron chi connectivity index (χ0n) is 8.75. The van der Waals surface area contributed by atoms with Gasteiger partial charge < -0.3 is 10.4 Å². The highest BCUT2D eigenvalue weighted by molar-refractivity contribution is 6.33. The van der Waals surface area contributed by atoms with E-state index in [1.807, 2.05) is 13.8 Å². The third-order valence-corrected chi connectivity index (χ3v) is 2.58. The van der Waals surface area contributed by atoms with Gasteiger partial charge in [0.25, 0.3) is 0 Å². The number of phenols is 1. The molecule has 15 heavy (non-hydrogen) atoms. The molecule has 1 amide bonds. The molecule has 0 aromatic heterocycles. The molecule has 1 aromatic rings. The number of halogens is 1. The third kappa shape index (κ3) is 3.13. The van der Waals surface area contributed by atoms with Crippen molar-refractivity contribution in [2.75, 3.05) is 5.32 Å². The van der Waals surface area contributed by atoms with Crippen molar-refractivity contribution in [1.29, 1.82) is 0 Å². The Hall–Kier alpha value is -1.22. The molecule has 1 atom stereocenters. The van der Waals surface area contributed by atoms with Crippen molar-refractivity contribution in [3.63, 3.8) is 0 Å². The second-order valence-corrected chi connectivity index (χ2v) is 3.87. The minimum atomic E-state index is -0.0647. The van der Waals surface area contributed by atoms with Gasteiger partial charge in [-0.3, -0.25) is 4.79 Å². The first-order chi connectivity index (χ1) is 7.04. The maximum atomic E-state index is 11.5. The van der Waals surface area contributed by atoms with Gasteiger partial charge in [0.15, 0.2) is 0 Å². The minimum Gasteiger partial charge on any atom is -0.508 e. The number of benzene rings is 1.